The maximum absolute atomic E-state index is 12.9. The largest absolute Gasteiger partial charge is 0.338 e. The van der Waals surface area contributed by atoms with Crippen molar-refractivity contribution < 1.29 is 9.59 Å². The molecule has 2 unspecified atom stereocenters. The topological polar surface area (TPSA) is 52.7 Å². The second kappa shape index (κ2) is 8.63. The van der Waals surface area contributed by atoms with Gasteiger partial charge in [-0.3, -0.25) is 14.5 Å². The van der Waals surface area contributed by atoms with Crippen molar-refractivity contribution in [3.8, 4) is 0 Å². The van der Waals surface area contributed by atoms with Crippen molar-refractivity contribution in [3.63, 3.8) is 0 Å². The molecule has 2 atom stereocenters. The number of amides is 2. The summed E-state index contributed by atoms with van der Waals surface area (Å²) in [6.07, 6.45) is 2.93. The van der Waals surface area contributed by atoms with E-state index >= 15 is 0 Å². The van der Waals surface area contributed by atoms with Gasteiger partial charge in [0.25, 0.3) is 11.8 Å². The molecule has 0 bridgehead atoms. The number of carbonyl (C=O) groups is 2. The van der Waals surface area contributed by atoms with Crippen molar-refractivity contribution >= 4 is 40.9 Å². The highest BCUT2D eigenvalue weighted by Crippen LogP contribution is 2.24. The SMILES string of the molecule is Cc1ccc(N2C(=O)/C(=C\c3ccc(C(=O)N4CC(C)CC(C)C4)cc3)NC2=S)cc1. The quantitative estimate of drug-likeness (QED) is 0.577. The number of piperidine rings is 1. The zero-order valence-electron chi connectivity index (χ0n) is 18.1. The van der Waals surface area contributed by atoms with Crippen molar-refractivity contribution in [1.29, 1.82) is 0 Å². The van der Waals surface area contributed by atoms with Crippen molar-refractivity contribution in [2.75, 3.05) is 18.0 Å². The molecule has 2 amide bonds. The molecular formula is C25H27N3O2S. The van der Waals surface area contributed by atoms with E-state index in [1.807, 2.05) is 60.4 Å². The molecule has 0 aliphatic carbocycles. The summed E-state index contributed by atoms with van der Waals surface area (Å²) in [5.41, 5.74) is 3.78. The molecule has 2 aromatic carbocycles. The Bertz CT molecular complexity index is 1030. The molecule has 160 valence electrons. The van der Waals surface area contributed by atoms with E-state index in [9.17, 15) is 9.59 Å². The van der Waals surface area contributed by atoms with Gasteiger partial charge in [0.15, 0.2) is 5.11 Å². The first-order valence-electron chi connectivity index (χ1n) is 10.6. The van der Waals surface area contributed by atoms with Crippen LogP contribution in [0.5, 0.6) is 0 Å². The van der Waals surface area contributed by atoms with E-state index in [0.717, 1.165) is 29.9 Å². The van der Waals surface area contributed by atoms with Gasteiger partial charge in [-0.2, -0.15) is 0 Å². The number of anilines is 1. The van der Waals surface area contributed by atoms with Crippen LogP contribution in [-0.2, 0) is 4.79 Å². The molecule has 5 nitrogen and oxygen atoms in total. The molecule has 31 heavy (non-hydrogen) atoms. The van der Waals surface area contributed by atoms with Gasteiger partial charge >= 0.3 is 0 Å². The zero-order chi connectivity index (χ0) is 22.1. The molecule has 4 rings (SSSR count). The highest BCUT2D eigenvalue weighted by molar-refractivity contribution is 7.80. The standard InChI is InChI=1S/C25H27N3O2S/c1-16-4-10-21(11-5-16)28-24(30)22(26-25(28)31)13-19-6-8-20(9-7-19)23(29)27-14-17(2)12-18(3)15-27/h4-11,13,17-18H,12,14-15H2,1-3H3,(H,26,31)/b22-13+. The van der Waals surface area contributed by atoms with Crippen molar-refractivity contribution in [2.24, 2.45) is 11.8 Å². The van der Waals surface area contributed by atoms with E-state index in [1.54, 1.807) is 6.08 Å². The lowest BCUT2D eigenvalue weighted by atomic mass is 9.91. The second-order valence-corrected chi connectivity index (χ2v) is 9.13. The number of hydrogen-bond acceptors (Lipinski definition) is 3. The van der Waals surface area contributed by atoms with Crippen molar-refractivity contribution in [2.45, 2.75) is 27.2 Å². The molecular weight excluding hydrogens is 406 g/mol. The van der Waals surface area contributed by atoms with E-state index in [0.29, 0.717) is 28.2 Å². The number of hydrogen-bond donors (Lipinski definition) is 1. The summed E-state index contributed by atoms with van der Waals surface area (Å²) >= 11 is 5.37. The van der Waals surface area contributed by atoms with E-state index in [1.165, 1.54) is 11.3 Å². The minimum atomic E-state index is -0.190. The number of thiocarbonyl (C=S) groups is 1. The van der Waals surface area contributed by atoms with Crippen LogP contribution in [0, 0.1) is 18.8 Å². The Morgan fingerprint density at radius 2 is 1.65 bits per heavy atom. The van der Waals surface area contributed by atoms with E-state index < -0.39 is 0 Å². The van der Waals surface area contributed by atoms with E-state index in [2.05, 4.69) is 19.2 Å². The van der Waals surface area contributed by atoms with Crippen LogP contribution in [0.3, 0.4) is 0 Å². The van der Waals surface area contributed by atoms with Gasteiger partial charge < -0.3 is 10.2 Å². The molecule has 1 N–H and O–H groups in total. The fraction of sp³-hybridized carbons (Fsp3) is 0.320. The number of benzene rings is 2. The Hall–Kier alpha value is -2.99. The van der Waals surface area contributed by atoms with E-state index in [4.69, 9.17) is 12.2 Å². The highest BCUT2D eigenvalue weighted by Gasteiger charge is 2.32. The normalized spacial score (nSPS) is 22.7. The minimum Gasteiger partial charge on any atom is -0.338 e. The Morgan fingerprint density at radius 3 is 2.26 bits per heavy atom. The molecule has 2 saturated heterocycles. The smallest absolute Gasteiger partial charge is 0.281 e. The lowest BCUT2D eigenvalue weighted by Crippen LogP contribution is -2.42. The summed E-state index contributed by atoms with van der Waals surface area (Å²) in [7, 11) is 0. The predicted molar refractivity (Wildman–Crippen MR) is 128 cm³/mol. The van der Waals surface area contributed by atoms with Gasteiger partial charge in [0.2, 0.25) is 0 Å². The summed E-state index contributed by atoms with van der Waals surface area (Å²) in [4.78, 5) is 29.2. The van der Waals surface area contributed by atoms with Gasteiger partial charge in [-0.05, 0) is 73.3 Å². The second-order valence-electron chi connectivity index (χ2n) is 8.74. The summed E-state index contributed by atoms with van der Waals surface area (Å²) < 4.78 is 0. The third kappa shape index (κ3) is 4.54. The van der Waals surface area contributed by atoms with Crippen LogP contribution in [0.2, 0.25) is 0 Å². The van der Waals surface area contributed by atoms with E-state index in [-0.39, 0.29) is 11.8 Å². The van der Waals surface area contributed by atoms with Crippen LogP contribution in [0.1, 0.15) is 41.8 Å². The first kappa shape index (κ1) is 21.2. The van der Waals surface area contributed by atoms with Gasteiger partial charge in [0, 0.05) is 18.7 Å². The first-order chi connectivity index (χ1) is 14.8. The lowest BCUT2D eigenvalue weighted by molar-refractivity contribution is -0.113. The lowest BCUT2D eigenvalue weighted by Gasteiger charge is -2.35. The molecule has 2 heterocycles. The first-order valence-corrected chi connectivity index (χ1v) is 11.1. The highest BCUT2D eigenvalue weighted by atomic mass is 32.1. The van der Waals surface area contributed by atoms with Crippen LogP contribution in [0.15, 0.2) is 54.2 Å². The number of likely N-dealkylation sites (tertiary alicyclic amines) is 1. The van der Waals surface area contributed by atoms with Gasteiger partial charge in [0.1, 0.15) is 5.70 Å². The van der Waals surface area contributed by atoms with Gasteiger partial charge in [0.05, 0.1) is 5.69 Å². The average molecular weight is 434 g/mol. The number of rotatable bonds is 3. The molecule has 0 spiro atoms. The summed E-state index contributed by atoms with van der Waals surface area (Å²) in [6.45, 7) is 8.00. The van der Waals surface area contributed by atoms with Crippen LogP contribution in [-0.4, -0.2) is 34.9 Å². The Balaban J connectivity index is 1.49. The number of nitrogens with one attached hydrogen (secondary N) is 1. The van der Waals surface area contributed by atoms with Gasteiger partial charge in [-0.15, -0.1) is 0 Å². The fourth-order valence-corrected chi connectivity index (χ4v) is 4.66. The van der Waals surface area contributed by atoms with Gasteiger partial charge in [-0.25, -0.2) is 0 Å². The molecule has 2 aromatic rings. The number of nitrogens with zero attached hydrogens (tertiary/aromatic N) is 2. The predicted octanol–water partition coefficient (Wildman–Crippen LogP) is 4.38. The molecule has 0 aromatic heterocycles. The van der Waals surface area contributed by atoms with Crippen molar-refractivity contribution in [1.82, 2.24) is 10.2 Å². The maximum atomic E-state index is 12.9. The Labute approximate surface area is 188 Å². The number of carbonyl (C=O) groups excluding carboxylic acids is 2. The van der Waals surface area contributed by atoms with Crippen LogP contribution < -0.4 is 10.2 Å². The Kier molecular flexibility index (Phi) is 5.92. The monoisotopic (exact) mass is 433 g/mol. The average Bonchev–Trinajstić information content (AvgIpc) is 3.01. The summed E-state index contributed by atoms with van der Waals surface area (Å²) in [6, 6.07) is 15.0. The molecule has 2 aliphatic heterocycles. The van der Waals surface area contributed by atoms with Crippen LogP contribution >= 0.6 is 12.2 Å². The Morgan fingerprint density at radius 1 is 1.03 bits per heavy atom. The molecule has 0 saturated carbocycles. The van der Waals surface area contributed by atoms with Crippen LogP contribution in [0.4, 0.5) is 5.69 Å². The summed E-state index contributed by atoms with van der Waals surface area (Å²) in [5, 5.41) is 3.37. The van der Waals surface area contributed by atoms with Gasteiger partial charge in [-0.1, -0.05) is 43.7 Å². The third-order valence-corrected chi connectivity index (χ3v) is 6.08. The fourth-order valence-electron chi connectivity index (χ4n) is 4.36. The van der Waals surface area contributed by atoms with Crippen LogP contribution in [0.25, 0.3) is 6.08 Å². The van der Waals surface area contributed by atoms with Crippen molar-refractivity contribution in [3.05, 3.63) is 70.9 Å². The number of aryl methyl sites for hydroxylation is 1. The maximum Gasteiger partial charge on any atom is 0.281 e. The molecule has 6 heteroatoms. The molecule has 2 fully saturated rings. The molecule has 0 radical (unpaired) electrons. The third-order valence-electron chi connectivity index (χ3n) is 5.80. The molecule has 2 aliphatic rings. The summed E-state index contributed by atoms with van der Waals surface area (Å²) in [5.74, 6) is 0.928. The minimum absolute atomic E-state index is 0.0689. The zero-order valence-corrected chi connectivity index (χ0v) is 18.9.